The average Bonchev–Trinajstić information content (AvgIpc) is 2.28. The van der Waals surface area contributed by atoms with E-state index in [9.17, 15) is 8.42 Å². The molecule has 0 saturated carbocycles. The Morgan fingerprint density at radius 2 is 1.76 bits per heavy atom. The fraction of sp³-hybridized carbons (Fsp3) is 0.417. The zero-order chi connectivity index (χ0) is 12.9. The van der Waals surface area contributed by atoms with E-state index in [4.69, 9.17) is 5.26 Å². The van der Waals surface area contributed by atoms with Crippen LogP contribution in [0.15, 0.2) is 18.2 Å². The van der Waals surface area contributed by atoms with Gasteiger partial charge in [-0.1, -0.05) is 32.0 Å². The fourth-order valence-corrected chi connectivity index (χ4v) is 2.47. The summed E-state index contributed by atoms with van der Waals surface area (Å²) in [6, 6.07) is 7.35. The van der Waals surface area contributed by atoms with Crippen LogP contribution < -0.4 is 4.72 Å². The molecule has 0 aromatic heterocycles. The van der Waals surface area contributed by atoms with Crippen LogP contribution in [0.1, 0.15) is 25.0 Å². The number of nitrogens with one attached hydrogen (secondary N) is 1. The van der Waals surface area contributed by atoms with Crippen LogP contribution in [0, 0.1) is 11.3 Å². The molecule has 0 heterocycles. The van der Waals surface area contributed by atoms with Crippen molar-refractivity contribution >= 4 is 15.7 Å². The van der Waals surface area contributed by atoms with Crippen LogP contribution in [-0.4, -0.2) is 14.2 Å². The molecule has 0 unspecified atom stereocenters. The summed E-state index contributed by atoms with van der Waals surface area (Å²) in [5, 5.41) is 8.46. The summed E-state index contributed by atoms with van der Waals surface area (Å²) >= 11 is 0. The van der Waals surface area contributed by atoms with E-state index in [1.165, 1.54) is 0 Å². The molecule has 4 nitrogen and oxygen atoms in total. The number of para-hydroxylation sites is 1. The number of sulfonamides is 1. The molecular weight excluding hydrogens is 236 g/mol. The van der Waals surface area contributed by atoms with E-state index in [2.05, 4.69) is 4.72 Å². The van der Waals surface area contributed by atoms with E-state index in [0.29, 0.717) is 5.69 Å². The van der Waals surface area contributed by atoms with Gasteiger partial charge in [0.25, 0.3) is 0 Å². The minimum atomic E-state index is -3.56. The monoisotopic (exact) mass is 252 g/mol. The molecule has 1 aromatic rings. The molecule has 0 spiro atoms. The summed E-state index contributed by atoms with van der Waals surface area (Å²) in [7, 11) is -3.56. The average molecular weight is 252 g/mol. The van der Waals surface area contributed by atoms with Gasteiger partial charge in [0.15, 0.2) is 5.75 Å². The highest BCUT2D eigenvalue weighted by molar-refractivity contribution is 7.92. The van der Waals surface area contributed by atoms with Crippen LogP contribution in [0.5, 0.6) is 0 Å². The maximum Gasteiger partial charge on any atom is 0.246 e. The van der Waals surface area contributed by atoms with Gasteiger partial charge in [0.05, 0.1) is 11.8 Å². The Kier molecular flexibility index (Phi) is 4.53. The predicted molar refractivity (Wildman–Crippen MR) is 68.2 cm³/mol. The molecule has 1 rings (SSSR count). The van der Waals surface area contributed by atoms with Crippen molar-refractivity contribution < 1.29 is 8.42 Å². The maximum absolute atomic E-state index is 11.6. The molecule has 0 amide bonds. The van der Waals surface area contributed by atoms with Crippen molar-refractivity contribution in [2.24, 2.45) is 0 Å². The zero-order valence-corrected chi connectivity index (χ0v) is 10.8. The summed E-state index contributed by atoms with van der Waals surface area (Å²) < 4.78 is 25.7. The Balaban J connectivity index is 3.17. The smallest absolute Gasteiger partial charge is 0.246 e. The maximum atomic E-state index is 11.6. The predicted octanol–water partition coefficient (Wildman–Crippen LogP) is 2.08. The van der Waals surface area contributed by atoms with Crippen molar-refractivity contribution in [3.63, 3.8) is 0 Å². The summed E-state index contributed by atoms with van der Waals surface area (Å²) in [6.07, 6.45) is 1.50. The standard InChI is InChI=1S/C12H16N2O2S/c1-3-10-6-5-7-11(4-2)12(10)14-17(15,16)9-8-13/h5-7,14H,3-4,9H2,1-2H3. The van der Waals surface area contributed by atoms with E-state index in [0.717, 1.165) is 24.0 Å². The van der Waals surface area contributed by atoms with Crippen molar-refractivity contribution in [3.8, 4) is 6.07 Å². The third-order valence-corrected chi connectivity index (χ3v) is 3.54. The molecule has 0 aliphatic heterocycles. The summed E-state index contributed by atoms with van der Waals surface area (Å²) in [4.78, 5) is 0. The number of benzene rings is 1. The molecule has 0 atom stereocenters. The van der Waals surface area contributed by atoms with E-state index in [1.54, 1.807) is 6.07 Å². The topological polar surface area (TPSA) is 70.0 Å². The lowest BCUT2D eigenvalue weighted by Crippen LogP contribution is -2.17. The van der Waals surface area contributed by atoms with Gasteiger partial charge in [0.2, 0.25) is 10.0 Å². The molecule has 0 saturated heterocycles. The first-order chi connectivity index (χ1) is 8.04. The van der Waals surface area contributed by atoms with Crippen molar-refractivity contribution in [3.05, 3.63) is 29.3 Å². The van der Waals surface area contributed by atoms with Crippen molar-refractivity contribution in [1.82, 2.24) is 0 Å². The normalized spacial score (nSPS) is 10.9. The molecule has 0 aliphatic rings. The number of nitrogens with zero attached hydrogens (tertiary/aromatic N) is 1. The number of nitriles is 1. The van der Waals surface area contributed by atoms with Crippen molar-refractivity contribution in [2.45, 2.75) is 26.7 Å². The van der Waals surface area contributed by atoms with Gasteiger partial charge in [-0.15, -0.1) is 0 Å². The first kappa shape index (κ1) is 13.5. The minimum absolute atomic E-state index is 0.520. The van der Waals surface area contributed by atoms with E-state index in [1.807, 2.05) is 32.0 Å². The third kappa shape index (κ3) is 3.46. The lowest BCUT2D eigenvalue weighted by Gasteiger charge is -2.14. The Hall–Kier alpha value is -1.54. The summed E-state index contributed by atoms with van der Waals surface area (Å²) in [5.74, 6) is -0.520. The SMILES string of the molecule is CCc1cccc(CC)c1NS(=O)(=O)CC#N. The minimum Gasteiger partial charge on any atom is -0.282 e. The van der Waals surface area contributed by atoms with Crippen LogP contribution in [0.4, 0.5) is 5.69 Å². The Bertz CT molecular complexity index is 508. The number of hydrogen-bond acceptors (Lipinski definition) is 3. The highest BCUT2D eigenvalue weighted by Gasteiger charge is 2.14. The van der Waals surface area contributed by atoms with Crippen LogP contribution in [0.2, 0.25) is 0 Å². The first-order valence-electron chi connectivity index (χ1n) is 5.52. The largest absolute Gasteiger partial charge is 0.282 e. The molecule has 0 aliphatic carbocycles. The number of aryl methyl sites for hydroxylation is 2. The third-order valence-electron chi connectivity index (χ3n) is 2.51. The Morgan fingerprint density at radius 1 is 1.24 bits per heavy atom. The number of anilines is 1. The molecule has 17 heavy (non-hydrogen) atoms. The lowest BCUT2D eigenvalue weighted by molar-refractivity contribution is 0.604. The van der Waals surface area contributed by atoms with E-state index >= 15 is 0 Å². The number of rotatable bonds is 5. The number of hydrogen-bond donors (Lipinski definition) is 1. The van der Waals surface area contributed by atoms with Gasteiger partial charge in [-0.3, -0.25) is 4.72 Å². The summed E-state index contributed by atoms with van der Waals surface area (Å²) in [5.41, 5.74) is 2.53. The van der Waals surface area contributed by atoms with Crippen LogP contribution in [0.3, 0.4) is 0 Å². The van der Waals surface area contributed by atoms with Gasteiger partial charge in [-0.05, 0) is 24.0 Å². The van der Waals surface area contributed by atoms with Crippen LogP contribution >= 0.6 is 0 Å². The molecule has 0 bridgehead atoms. The van der Waals surface area contributed by atoms with Gasteiger partial charge >= 0.3 is 0 Å². The highest BCUT2D eigenvalue weighted by Crippen LogP contribution is 2.23. The highest BCUT2D eigenvalue weighted by atomic mass is 32.2. The van der Waals surface area contributed by atoms with Gasteiger partial charge in [-0.25, -0.2) is 8.42 Å². The lowest BCUT2D eigenvalue weighted by atomic mass is 10.0. The van der Waals surface area contributed by atoms with Gasteiger partial charge in [-0.2, -0.15) is 5.26 Å². The van der Waals surface area contributed by atoms with Gasteiger partial charge in [0, 0.05) is 0 Å². The van der Waals surface area contributed by atoms with Gasteiger partial charge in [0.1, 0.15) is 0 Å². The molecule has 0 fully saturated rings. The zero-order valence-electron chi connectivity index (χ0n) is 10.0. The van der Waals surface area contributed by atoms with E-state index in [-0.39, 0.29) is 0 Å². The van der Waals surface area contributed by atoms with Crippen molar-refractivity contribution in [2.75, 3.05) is 10.5 Å². The molecule has 1 N–H and O–H groups in total. The van der Waals surface area contributed by atoms with Crippen LogP contribution in [0.25, 0.3) is 0 Å². The quantitative estimate of drug-likeness (QED) is 0.872. The first-order valence-corrected chi connectivity index (χ1v) is 7.17. The second kappa shape index (κ2) is 5.69. The Labute approximate surface area is 102 Å². The summed E-state index contributed by atoms with van der Waals surface area (Å²) in [6.45, 7) is 3.94. The van der Waals surface area contributed by atoms with Gasteiger partial charge < -0.3 is 0 Å². The molecule has 92 valence electrons. The second-order valence-corrected chi connectivity index (χ2v) is 5.40. The fourth-order valence-electron chi connectivity index (χ4n) is 1.65. The van der Waals surface area contributed by atoms with Crippen molar-refractivity contribution in [1.29, 1.82) is 5.26 Å². The second-order valence-electron chi connectivity index (χ2n) is 3.68. The molecule has 5 heteroatoms. The van der Waals surface area contributed by atoms with E-state index < -0.39 is 15.8 Å². The Morgan fingerprint density at radius 3 is 2.18 bits per heavy atom. The van der Waals surface area contributed by atoms with Crippen LogP contribution in [-0.2, 0) is 22.9 Å². The molecular formula is C12H16N2O2S. The molecule has 1 aromatic carbocycles. The molecule has 0 radical (unpaired) electrons.